The molecule has 0 spiro atoms. The van der Waals surface area contributed by atoms with E-state index in [4.69, 9.17) is 14.4 Å². The van der Waals surface area contributed by atoms with Crippen molar-refractivity contribution in [2.45, 2.75) is 46.5 Å². The molecule has 0 saturated carbocycles. The lowest BCUT2D eigenvalue weighted by atomic mass is 9.88. The largest absolute Gasteiger partial charge is 0.455 e. The molecular formula is C55H45N3O. The molecule has 0 amide bonds. The van der Waals surface area contributed by atoms with E-state index in [2.05, 4.69) is 203 Å². The Labute approximate surface area is 345 Å². The molecule has 7 aromatic carbocycles. The van der Waals surface area contributed by atoms with Crippen molar-refractivity contribution < 1.29 is 4.42 Å². The molecule has 4 nitrogen and oxygen atoms in total. The Balaban J connectivity index is 1.21. The summed E-state index contributed by atoms with van der Waals surface area (Å²) in [5, 5.41) is 2.14. The zero-order valence-electron chi connectivity index (χ0n) is 34.1. The SMILES string of the molecule is Cc1nc(-c2ccccc2)cc2nc(-c3cccc4c3oc3cc(-c5ccc(-c6ccccc6)cc5)ccc34)n(-c3c(C(C)C)cc(-c4ccccc4)cc3C(C)C)c12. The molecule has 0 aliphatic carbocycles. The number of hydrogen-bond donors (Lipinski definition) is 0. The summed E-state index contributed by atoms with van der Waals surface area (Å²) in [7, 11) is 0. The highest BCUT2D eigenvalue weighted by Gasteiger charge is 2.27. The molecule has 0 fully saturated rings. The number of rotatable bonds is 8. The van der Waals surface area contributed by atoms with Crippen molar-refractivity contribution in [1.29, 1.82) is 0 Å². The molecular weight excluding hydrogens is 719 g/mol. The summed E-state index contributed by atoms with van der Waals surface area (Å²) in [6, 6.07) is 60.4. The van der Waals surface area contributed by atoms with Crippen LogP contribution in [-0.2, 0) is 0 Å². The van der Waals surface area contributed by atoms with Crippen LogP contribution in [-0.4, -0.2) is 14.5 Å². The van der Waals surface area contributed by atoms with E-state index in [-0.39, 0.29) is 11.8 Å². The Morgan fingerprint density at radius 1 is 0.475 bits per heavy atom. The van der Waals surface area contributed by atoms with Crippen LogP contribution in [0.1, 0.15) is 56.4 Å². The smallest absolute Gasteiger partial charge is 0.149 e. The Hall–Kier alpha value is -7.04. The number of fused-ring (bicyclic) bond motifs is 4. The maximum atomic E-state index is 6.97. The lowest BCUT2D eigenvalue weighted by Gasteiger charge is -2.24. The van der Waals surface area contributed by atoms with Gasteiger partial charge in [0.25, 0.3) is 0 Å². The van der Waals surface area contributed by atoms with E-state index in [0.717, 1.165) is 72.4 Å². The predicted octanol–water partition coefficient (Wildman–Crippen LogP) is 15.2. The molecule has 0 saturated heterocycles. The summed E-state index contributed by atoms with van der Waals surface area (Å²) < 4.78 is 9.36. The number of imidazole rings is 1. The van der Waals surface area contributed by atoms with Gasteiger partial charge in [0.2, 0.25) is 0 Å². The molecule has 0 aliphatic rings. The molecule has 0 aliphatic heterocycles. The van der Waals surface area contributed by atoms with Crippen LogP contribution in [0, 0.1) is 6.92 Å². The van der Waals surface area contributed by atoms with Crippen molar-refractivity contribution in [1.82, 2.24) is 14.5 Å². The van der Waals surface area contributed by atoms with Crippen molar-refractivity contribution >= 4 is 33.0 Å². The van der Waals surface area contributed by atoms with E-state index in [9.17, 15) is 0 Å². The molecule has 0 radical (unpaired) electrons. The number of aryl methyl sites for hydroxylation is 1. The van der Waals surface area contributed by atoms with Crippen LogP contribution in [0.15, 0.2) is 174 Å². The minimum atomic E-state index is 0.232. The standard InChI is InChI=1S/C55H45N3O/c1-34(2)47-30-43(38-18-11-7-12-19-38)31-48(35(3)4)53(47)58-52-36(5)56-49(41-20-13-8-14-21-41)33-50(52)57-55(58)46-23-15-22-45-44-29-28-42(32-51(44)59-54(45)46)40-26-24-39(25-27-40)37-16-9-6-10-17-37/h6-35H,1-5H3. The van der Waals surface area contributed by atoms with E-state index >= 15 is 0 Å². The van der Waals surface area contributed by atoms with Gasteiger partial charge >= 0.3 is 0 Å². The van der Waals surface area contributed by atoms with Gasteiger partial charge < -0.3 is 4.42 Å². The second kappa shape index (κ2) is 14.7. The fraction of sp³-hybridized carbons (Fsp3) is 0.127. The summed E-state index contributed by atoms with van der Waals surface area (Å²) in [4.78, 5) is 10.8. The first-order chi connectivity index (χ1) is 28.8. The molecule has 10 rings (SSSR count). The molecule has 10 aromatic rings. The third-order valence-corrected chi connectivity index (χ3v) is 11.7. The van der Waals surface area contributed by atoms with Gasteiger partial charge in [0.15, 0.2) is 0 Å². The minimum absolute atomic E-state index is 0.232. The first kappa shape index (κ1) is 36.3. The van der Waals surface area contributed by atoms with Gasteiger partial charge in [-0.15, -0.1) is 0 Å². The number of benzene rings is 7. The molecule has 3 heterocycles. The molecule has 3 aromatic heterocycles. The third kappa shape index (κ3) is 6.42. The second-order valence-corrected chi connectivity index (χ2v) is 16.2. The van der Waals surface area contributed by atoms with Gasteiger partial charge in [0.05, 0.1) is 33.7 Å². The van der Waals surface area contributed by atoms with Crippen LogP contribution in [0.25, 0.3) is 94.7 Å². The quantitative estimate of drug-likeness (QED) is 0.155. The van der Waals surface area contributed by atoms with Crippen LogP contribution in [0.2, 0.25) is 0 Å². The van der Waals surface area contributed by atoms with Crippen LogP contribution >= 0.6 is 0 Å². The Morgan fingerprint density at radius 2 is 1.02 bits per heavy atom. The Kier molecular flexibility index (Phi) is 9.06. The Morgan fingerprint density at radius 3 is 1.63 bits per heavy atom. The van der Waals surface area contributed by atoms with Crippen molar-refractivity contribution in [2.24, 2.45) is 0 Å². The van der Waals surface area contributed by atoms with Gasteiger partial charge in [-0.2, -0.15) is 0 Å². The number of pyridine rings is 1. The predicted molar refractivity (Wildman–Crippen MR) is 246 cm³/mol. The van der Waals surface area contributed by atoms with Crippen molar-refractivity contribution in [3.05, 3.63) is 187 Å². The average Bonchev–Trinajstić information content (AvgIpc) is 3.85. The molecule has 0 bridgehead atoms. The highest BCUT2D eigenvalue weighted by molar-refractivity contribution is 6.10. The zero-order valence-corrected chi connectivity index (χ0v) is 34.1. The van der Waals surface area contributed by atoms with E-state index in [1.54, 1.807) is 0 Å². The molecule has 0 atom stereocenters. The summed E-state index contributed by atoms with van der Waals surface area (Å²) in [5.41, 5.74) is 18.2. The minimum Gasteiger partial charge on any atom is -0.455 e. The third-order valence-electron chi connectivity index (χ3n) is 11.7. The number of para-hydroxylation sites is 1. The lowest BCUT2D eigenvalue weighted by Crippen LogP contribution is -2.10. The number of hydrogen-bond acceptors (Lipinski definition) is 3. The number of aromatic nitrogens is 3. The topological polar surface area (TPSA) is 43.9 Å². The average molecular weight is 764 g/mol. The van der Waals surface area contributed by atoms with Crippen LogP contribution in [0.5, 0.6) is 0 Å². The lowest BCUT2D eigenvalue weighted by molar-refractivity contribution is 0.669. The first-order valence-corrected chi connectivity index (χ1v) is 20.6. The molecule has 4 heteroatoms. The van der Waals surface area contributed by atoms with Crippen molar-refractivity contribution in [2.75, 3.05) is 0 Å². The van der Waals surface area contributed by atoms with Crippen LogP contribution in [0.3, 0.4) is 0 Å². The first-order valence-electron chi connectivity index (χ1n) is 20.6. The maximum absolute atomic E-state index is 6.97. The van der Waals surface area contributed by atoms with Crippen molar-refractivity contribution in [3.63, 3.8) is 0 Å². The van der Waals surface area contributed by atoms with Gasteiger partial charge in [-0.3, -0.25) is 9.55 Å². The second-order valence-electron chi connectivity index (χ2n) is 16.2. The molecule has 0 unspecified atom stereocenters. The zero-order chi connectivity index (χ0) is 40.2. The van der Waals surface area contributed by atoms with Gasteiger partial charge in [0.1, 0.15) is 17.0 Å². The summed E-state index contributed by atoms with van der Waals surface area (Å²) in [6.45, 7) is 11.3. The maximum Gasteiger partial charge on any atom is 0.149 e. The number of nitrogens with zero attached hydrogens (tertiary/aromatic N) is 3. The fourth-order valence-corrected chi connectivity index (χ4v) is 8.69. The molecule has 0 N–H and O–H groups in total. The van der Waals surface area contributed by atoms with E-state index in [1.807, 2.05) is 6.07 Å². The van der Waals surface area contributed by atoms with Crippen molar-refractivity contribution in [3.8, 4) is 61.7 Å². The highest BCUT2D eigenvalue weighted by atomic mass is 16.3. The highest BCUT2D eigenvalue weighted by Crippen LogP contribution is 2.44. The molecule has 59 heavy (non-hydrogen) atoms. The van der Waals surface area contributed by atoms with Gasteiger partial charge in [-0.25, -0.2) is 4.98 Å². The molecule has 286 valence electrons. The van der Waals surface area contributed by atoms with Gasteiger partial charge in [-0.1, -0.05) is 161 Å². The monoisotopic (exact) mass is 763 g/mol. The summed E-state index contributed by atoms with van der Waals surface area (Å²) in [6.07, 6.45) is 0. The van der Waals surface area contributed by atoms with E-state index in [1.165, 1.54) is 39.1 Å². The normalized spacial score (nSPS) is 11.8. The van der Waals surface area contributed by atoms with Gasteiger partial charge in [0, 0.05) is 16.3 Å². The summed E-state index contributed by atoms with van der Waals surface area (Å²) in [5.74, 6) is 1.30. The summed E-state index contributed by atoms with van der Waals surface area (Å²) >= 11 is 0. The fourth-order valence-electron chi connectivity index (χ4n) is 8.69. The van der Waals surface area contributed by atoms with E-state index < -0.39 is 0 Å². The van der Waals surface area contributed by atoms with E-state index in [0.29, 0.717) is 0 Å². The van der Waals surface area contributed by atoms with Crippen LogP contribution in [0.4, 0.5) is 0 Å². The van der Waals surface area contributed by atoms with Gasteiger partial charge in [-0.05, 0) is 99.7 Å². The van der Waals surface area contributed by atoms with Crippen LogP contribution < -0.4 is 0 Å². The Bertz CT molecular complexity index is 3110. The number of furan rings is 1.